The van der Waals surface area contributed by atoms with E-state index in [1.165, 1.54) is 12.1 Å². The second-order valence-corrected chi connectivity index (χ2v) is 14.0. The summed E-state index contributed by atoms with van der Waals surface area (Å²) >= 11 is 0. The number of aryl methyl sites for hydroxylation is 1. The highest BCUT2D eigenvalue weighted by Gasteiger charge is 1.98. The summed E-state index contributed by atoms with van der Waals surface area (Å²) in [5, 5.41) is 0. The standard InChI is InChI=1S/C7H8O3S.2C3H9OS.HI/c1-6-2-4-7(5-3-6)11(8,9)10;2*1-5(2,3)4;/h2-5H,1H3,(H,8,9,10);2*1-3H3;1H/q;2*+1;/p-2. The van der Waals surface area contributed by atoms with Crippen molar-refractivity contribution in [3.05, 3.63) is 29.8 Å². The van der Waals surface area contributed by atoms with Gasteiger partial charge in [-0.2, -0.15) is 0 Å². The van der Waals surface area contributed by atoms with E-state index in [-0.39, 0.29) is 28.9 Å². The SMILES string of the molecule is C[S+](C)(C)=O.C[S+](C)(C)=O.Cc1ccc(S(=O)(=O)[O-])cc1.[I-]. The molecule has 0 radical (unpaired) electrons. The fourth-order valence-electron chi connectivity index (χ4n) is 0.705. The largest absolute Gasteiger partial charge is 1.00 e. The molecular formula is C13H25IO5S3. The molecule has 9 heteroatoms. The number of hydrogen-bond donors (Lipinski definition) is 0. The summed E-state index contributed by atoms with van der Waals surface area (Å²) in [5.74, 6) is 0. The fraction of sp³-hybridized carbons (Fsp3) is 0.538. The molecule has 0 atom stereocenters. The third-order valence-electron chi connectivity index (χ3n) is 1.31. The van der Waals surface area contributed by atoms with Crippen LogP contribution in [0.1, 0.15) is 5.56 Å². The van der Waals surface area contributed by atoms with E-state index in [0.717, 1.165) is 5.56 Å². The maximum absolute atomic E-state index is 10.4. The van der Waals surface area contributed by atoms with Gasteiger partial charge in [0.1, 0.15) is 47.7 Å². The van der Waals surface area contributed by atoms with E-state index in [0.29, 0.717) is 0 Å². The molecule has 0 unspecified atom stereocenters. The van der Waals surface area contributed by atoms with Crippen molar-refractivity contribution in [2.45, 2.75) is 11.8 Å². The van der Waals surface area contributed by atoms with Crippen molar-refractivity contribution in [3.8, 4) is 0 Å². The number of halogens is 1. The van der Waals surface area contributed by atoms with E-state index in [1.54, 1.807) is 49.7 Å². The minimum absolute atomic E-state index is 0. The summed E-state index contributed by atoms with van der Waals surface area (Å²) in [5.41, 5.74) is 0.928. The molecule has 0 amide bonds. The first-order valence-corrected chi connectivity index (χ1v) is 12.8. The lowest BCUT2D eigenvalue weighted by Gasteiger charge is -2.05. The van der Waals surface area contributed by atoms with Gasteiger partial charge in [0.15, 0.2) is 0 Å². The molecule has 1 aromatic carbocycles. The first-order valence-electron chi connectivity index (χ1n) is 5.81. The Hall–Kier alpha value is 0.160. The van der Waals surface area contributed by atoms with E-state index in [9.17, 15) is 21.4 Å². The van der Waals surface area contributed by atoms with Crippen molar-refractivity contribution in [3.63, 3.8) is 0 Å². The van der Waals surface area contributed by atoms with E-state index in [1.807, 2.05) is 6.92 Å². The van der Waals surface area contributed by atoms with Gasteiger partial charge in [-0.25, -0.2) is 8.42 Å². The molecule has 0 N–H and O–H groups in total. The predicted octanol–water partition coefficient (Wildman–Crippen LogP) is -1.35. The maximum Gasteiger partial charge on any atom is 0.124 e. The molecule has 22 heavy (non-hydrogen) atoms. The molecule has 0 aromatic heterocycles. The van der Waals surface area contributed by atoms with Crippen LogP contribution in [-0.4, -0.2) is 50.5 Å². The van der Waals surface area contributed by atoms with Crippen molar-refractivity contribution in [1.82, 2.24) is 0 Å². The van der Waals surface area contributed by atoms with Crippen LogP contribution in [0.4, 0.5) is 0 Å². The van der Waals surface area contributed by atoms with Crippen molar-refractivity contribution in [1.29, 1.82) is 0 Å². The summed E-state index contributed by atoms with van der Waals surface area (Å²) in [6.45, 7) is 1.82. The predicted molar refractivity (Wildman–Crippen MR) is 90.8 cm³/mol. The third-order valence-corrected chi connectivity index (χ3v) is 2.16. The van der Waals surface area contributed by atoms with Crippen LogP contribution in [0.2, 0.25) is 0 Å². The monoisotopic (exact) mass is 484 g/mol. The summed E-state index contributed by atoms with van der Waals surface area (Å²) in [6.07, 6.45) is 10.3. The third kappa shape index (κ3) is 28.3. The lowest BCUT2D eigenvalue weighted by atomic mass is 10.2. The zero-order valence-electron chi connectivity index (χ0n) is 14.0. The van der Waals surface area contributed by atoms with Crippen LogP contribution >= 0.6 is 0 Å². The van der Waals surface area contributed by atoms with Gasteiger partial charge in [-0.15, -0.1) is 8.42 Å². The first kappa shape index (κ1) is 27.0. The summed E-state index contributed by atoms with van der Waals surface area (Å²) in [6, 6.07) is 5.78. The van der Waals surface area contributed by atoms with Crippen LogP contribution in [0.5, 0.6) is 0 Å². The van der Waals surface area contributed by atoms with Crippen molar-refractivity contribution < 1.29 is 45.4 Å². The quantitative estimate of drug-likeness (QED) is 0.280. The van der Waals surface area contributed by atoms with Crippen LogP contribution in [0.3, 0.4) is 0 Å². The highest BCUT2D eigenvalue weighted by Crippen LogP contribution is 2.08. The highest BCUT2D eigenvalue weighted by atomic mass is 127. The van der Waals surface area contributed by atoms with Gasteiger partial charge in [0.25, 0.3) is 0 Å². The molecule has 0 aliphatic carbocycles. The van der Waals surface area contributed by atoms with E-state index in [2.05, 4.69) is 0 Å². The molecule has 5 nitrogen and oxygen atoms in total. The van der Waals surface area contributed by atoms with Gasteiger partial charge in [-0.05, 0) is 19.1 Å². The molecule has 0 fully saturated rings. The normalized spacial score (nSPS) is 11.1. The second-order valence-electron chi connectivity index (χ2n) is 5.72. The van der Waals surface area contributed by atoms with Crippen molar-refractivity contribution in [2.75, 3.05) is 37.5 Å². The highest BCUT2D eigenvalue weighted by molar-refractivity contribution is 8.01. The molecule has 0 aliphatic heterocycles. The molecular weight excluding hydrogens is 459 g/mol. The zero-order valence-corrected chi connectivity index (χ0v) is 18.6. The Morgan fingerprint density at radius 3 is 1.23 bits per heavy atom. The smallest absolute Gasteiger partial charge is 0.124 e. The average molecular weight is 484 g/mol. The lowest BCUT2D eigenvalue weighted by Crippen LogP contribution is -3.00. The first-order chi connectivity index (χ1) is 9.00. The van der Waals surface area contributed by atoms with E-state index < -0.39 is 30.0 Å². The van der Waals surface area contributed by atoms with Crippen molar-refractivity contribution >= 4 is 30.0 Å². The van der Waals surface area contributed by atoms with Crippen LogP contribution in [-0.2, 0) is 38.4 Å². The molecule has 0 saturated heterocycles. The van der Waals surface area contributed by atoms with Gasteiger partial charge in [0.2, 0.25) is 0 Å². The van der Waals surface area contributed by atoms with Crippen LogP contribution < -0.4 is 24.0 Å². The number of hydrogen-bond acceptors (Lipinski definition) is 5. The van der Waals surface area contributed by atoms with Gasteiger partial charge in [-0.1, -0.05) is 17.7 Å². The number of benzene rings is 1. The lowest BCUT2D eigenvalue weighted by molar-refractivity contribution is -0.0000121. The molecule has 1 rings (SSSR count). The molecule has 0 aliphatic rings. The zero-order chi connectivity index (χ0) is 17.5. The Morgan fingerprint density at radius 2 is 1.05 bits per heavy atom. The minimum atomic E-state index is -4.27. The number of rotatable bonds is 1. The van der Waals surface area contributed by atoms with Crippen LogP contribution in [0.25, 0.3) is 0 Å². The Balaban J connectivity index is -0.000000279. The van der Waals surface area contributed by atoms with Crippen LogP contribution in [0.15, 0.2) is 29.2 Å². The molecule has 132 valence electrons. The summed E-state index contributed by atoms with van der Waals surface area (Å²) in [4.78, 5) is -0.178. The maximum atomic E-state index is 10.4. The van der Waals surface area contributed by atoms with E-state index >= 15 is 0 Å². The Morgan fingerprint density at radius 1 is 0.818 bits per heavy atom. The minimum Gasteiger partial charge on any atom is -1.00 e. The summed E-state index contributed by atoms with van der Waals surface area (Å²) in [7, 11) is -7.10. The fourth-order valence-corrected chi connectivity index (χ4v) is 1.17. The van der Waals surface area contributed by atoms with Gasteiger partial charge in [0, 0.05) is 0 Å². The topological polar surface area (TPSA) is 91.3 Å². The molecule has 0 bridgehead atoms. The Bertz CT molecular complexity index is 575. The van der Waals surface area contributed by atoms with Gasteiger partial charge in [0.05, 0.1) is 24.8 Å². The molecule has 0 saturated carbocycles. The molecule has 0 spiro atoms. The summed E-state index contributed by atoms with van der Waals surface area (Å²) < 4.78 is 51.5. The van der Waals surface area contributed by atoms with Gasteiger partial charge in [-0.3, -0.25) is 0 Å². The molecule has 1 aromatic rings. The second kappa shape index (κ2) is 10.8. The van der Waals surface area contributed by atoms with Gasteiger partial charge < -0.3 is 28.5 Å². The Kier molecular flexibility index (Phi) is 13.3. The van der Waals surface area contributed by atoms with Gasteiger partial charge >= 0.3 is 0 Å². The molecule has 0 heterocycles. The van der Waals surface area contributed by atoms with Crippen LogP contribution in [0, 0.1) is 6.92 Å². The van der Waals surface area contributed by atoms with E-state index in [4.69, 9.17) is 0 Å². The average Bonchev–Trinajstić information content (AvgIpc) is 2.10. The Labute approximate surface area is 153 Å². The van der Waals surface area contributed by atoms with Crippen molar-refractivity contribution in [2.24, 2.45) is 0 Å².